The van der Waals surface area contributed by atoms with Crippen LogP contribution in [0.2, 0.25) is 5.02 Å². The van der Waals surface area contributed by atoms with Crippen LogP contribution in [0.3, 0.4) is 0 Å². The summed E-state index contributed by atoms with van der Waals surface area (Å²) >= 11 is 6.11. The Morgan fingerprint density at radius 1 is 1.44 bits per heavy atom. The molecule has 1 unspecified atom stereocenters. The number of benzene rings is 1. The van der Waals surface area contributed by atoms with Crippen molar-refractivity contribution in [2.24, 2.45) is 5.73 Å². The summed E-state index contributed by atoms with van der Waals surface area (Å²) in [7, 11) is 1.53. The predicted octanol–water partition coefficient (Wildman–Crippen LogP) is 2.98. The van der Waals surface area contributed by atoms with E-state index >= 15 is 0 Å². The van der Waals surface area contributed by atoms with Crippen molar-refractivity contribution >= 4 is 11.6 Å². The summed E-state index contributed by atoms with van der Waals surface area (Å²) in [6.07, 6.45) is 1.61. The van der Waals surface area contributed by atoms with Gasteiger partial charge in [0.2, 0.25) is 0 Å². The van der Waals surface area contributed by atoms with E-state index in [2.05, 4.69) is 0 Å². The van der Waals surface area contributed by atoms with Crippen molar-refractivity contribution in [3.63, 3.8) is 0 Å². The van der Waals surface area contributed by atoms with E-state index in [1.165, 1.54) is 7.11 Å². The third-order valence-electron chi connectivity index (χ3n) is 2.64. The van der Waals surface area contributed by atoms with Gasteiger partial charge < -0.3 is 15.2 Å². The van der Waals surface area contributed by atoms with Crippen molar-refractivity contribution in [3.05, 3.63) is 22.7 Å². The predicted molar refractivity (Wildman–Crippen MR) is 71.4 cm³/mol. The monoisotopic (exact) mass is 275 g/mol. The van der Waals surface area contributed by atoms with E-state index in [0.29, 0.717) is 16.5 Å². The highest BCUT2D eigenvalue weighted by molar-refractivity contribution is 6.32. The summed E-state index contributed by atoms with van der Waals surface area (Å²) in [6.45, 7) is 1.42. The fraction of sp³-hybridized carbons (Fsp3) is 0.538. The molecule has 0 aliphatic heterocycles. The Labute approximate surface area is 112 Å². The van der Waals surface area contributed by atoms with Crippen LogP contribution in [0.25, 0.3) is 0 Å². The number of ether oxygens (including phenoxy) is 2. The molecule has 0 aliphatic carbocycles. The van der Waals surface area contributed by atoms with Crippen molar-refractivity contribution in [2.75, 3.05) is 20.4 Å². The summed E-state index contributed by atoms with van der Waals surface area (Å²) in [4.78, 5) is 0. The van der Waals surface area contributed by atoms with Gasteiger partial charge in [0, 0.05) is 6.04 Å². The third kappa shape index (κ3) is 4.03. The molecule has 0 radical (unpaired) electrons. The van der Waals surface area contributed by atoms with Gasteiger partial charge in [-0.1, -0.05) is 18.5 Å². The molecule has 1 aromatic rings. The maximum absolute atomic E-state index is 12.1. The zero-order valence-corrected chi connectivity index (χ0v) is 11.5. The summed E-state index contributed by atoms with van der Waals surface area (Å²) in [6, 6.07) is 3.70. The smallest absolute Gasteiger partial charge is 0.179 e. The second-order valence-electron chi connectivity index (χ2n) is 4.02. The van der Waals surface area contributed by atoms with Gasteiger partial charge in [-0.05, 0) is 30.5 Å². The number of rotatable bonds is 7. The van der Waals surface area contributed by atoms with Gasteiger partial charge in [0.25, 0.3) is 0 Å². The van der Waals surface area contributed by atoms with Crippen molar-refractivity contribution in [1.29, 1.82) is 0 Å². The molecule has 0 spiro atoms. The van der Waals surface area contributed by atoms with Crippen molar-refractivity contribution in [1.82, 2.24) is 0 Å². The highest BCUT2D eigenvalue weighted by Gasteiger charge is 2.13. The Morgan fingerprint density at radius 3 is 2.72 bits per heavy atom. The zero-order valence-electron chi connectivity index (χ0n) is 10.7. The highest BCUT2D eigenvalue weighted by atomic mass is 35.5. The summed E-state index contributed by atoms with van der Waals surface area (Å²) in [5, 5.41) is 0.418. The molecule has 0 bridgehead atoms. The van der Waals surface area contributed by atoms with E-state index in [9.17, 15) is 4.39 Å². The first-order chi connectivity index (χ1) is 8.62. The number of hydrogen-bond acceptors (Lipinski definition) is 3. The topological polar surface area (TPSA) is 44.5 Å². The zero-order chi connectivity index (χ0) is 13.5. The Hall–Kier alpha value is -1.00. The van der Waals surface area contributed by atoms with Crippen LogP contribution in [0.5, 0.6) is 11.5 Å². The first-order valence-corrected chi connectivity index (χ1v) is 6.30. The van der Waals surface area contributed by atoms with E-state index in [0.717, 1.165) is 18.4 Å². The average molecular weight is 276 g/mol. The molecular formula is C13H19ClFNO2. The lowest BCUT2D eigenvalue weighted by Crippen LogP contribution is -2.21. The normalized spacial score (nSPS) is 12.3. The Morgan fingerprint density at radius 2 is 2.17 bits per heavy atom. The lowest BCUT2D eigenvalue weighted by molar-refractivity contribution is 0.260. The minimum atomic E-state index is -0.568. The van der Waals surface area contributed by atoms with Gasteiger partial charge in [-0.25, -0.2) is 4.39 Å². The van der Waals surface area contributed by atoms with Gasteiger partial charge in [0.15, 0.2) is 11.5 Å². The largest absolute Gasteiger partial charge is 0.493 e. The first-order valence-electron chi connectivity index (χ1n) is 5.93. The molecule has 1 rings (SSSR count). The standard InChI is InChI=1S/C13H19ClFNO2/c1-3-10(16)6-9-7-11(14)13(18-5-4-15)12(8-9)17-2/h7-8,10H,3-6,16H2,1-2H3. The van der Waals surface area contributed by atoms with Gasteiger partial charge >= 0.3 is 0 Å². The fourth-order valence-electron chi connectivity index (χ4n) is 1.62. The molecule has 0 heterocycles. The second-order valence-corrected chi connectivity index (χ2v) is 4.43. The van der Waals surface area contributed by atoms with Crippen LogP contribution in [-0.4, -0.2) is 26.4 Å². The maximum Gasteiger partial charge on any atom is 0.179 e. The van der Waals surface area contributed by atoms with Crippen LogP contribution in [0.15, 0.2) is 12.1 Å². The van der Waals surface area contributed by atoms with Crippen LogP contribution in [0.1, 0.15) is 18.9 Å². The van der Waals surface area contributed by atoms with Gasteiger partial charge in [-0.3, -0.25) is 0 Å². The Balaban J connectivity index is 2.95. The van der Waals surface area contributed by atoms with Crippen molar-refractivity contribution in [3.8, 4) is 11.5 Å². The van der Waals surface area contributed by atoms with Crippen LogP contribution in [0, 0.1) is 0 Å². The van der Waals surface area contributed by atoms with Gasteiger partial charge in [0.05, 0.1) is 12.1 Å². The van der Waals surface area contributed by atoms with E-state index < -0.39 is 6.67 Å². The van der Waals surface area contributed by atoms with Gasteiger partial charge in [0.1, 0.15) is 13.3 Å². The molecule has 0 saturated carbocycles. The Kier molecular flexibility index (Phi) is 6.22. The highest BCUT2D eigenvalue weighted by Crippen LogP contribution is 2.36. The van der Waals surface area contributed by atoms with Gasteiger partial charge in [-0.15, -0.1) is 0 Å². The molecule has 5 heteroatoms. The van der Waals surface area contributed by atoms with E-state index in [-0.39, 0.29) is 12.6 Å². The van der Waals surface area contributed by atoms with E-state index in [1.807, 2.05) is 13.0 Å². The quantitative estimate of drug-likeness (QED) is 0.832. The minimum absolute atomic E-state index is 0.0378. The maximum atomic E-state index is 12.1. The molecule has 1 atom stereocenters. The molecule has 0 aliphatic rings. The molecule has 0 aromatic heterocycles. The van der Waals surface area contributed by atoms with Crippen molar-refractivity contribution < 1.29 is 13.9 Å². The average Bonchev–Trinajstić information content (AvgIpc) is 2.36. The lowest BCUT2D eigenvalue weighted by atomic mass is 10.0. The molecule has 0 fully saturated rings. The minimum Gasteiger partial charge on any atom is -0.493 e. The van der Waals surface area contributed by atoms with Crippen molar-refractivity contribution in [2.45, 2.75) is 25.8 Å². The van der Waals surface area contributed by atoms with Crippen LogP contribution >= 0.6 is 11.6 Å². The number of hydrogen-bond donors (Lipinski definition) is 1. The molecule has 18 heavy (non-hydrogen) atoms. The molecule has 2 N–H and O–H groups in total. The van der Waals surface area contributed by atoms with Crippen LogP contribution in [-0.2, 0) is 6.42 Å². The molecule has 3 nitrogen and oxygen atoms in total. The summed E-state index contributed by atoms with van der Waals surface area (Å²) in [5.41, 5.74) is 6.89. The second kappa shape index (κ2) is 7.44. The SMILES string of the molecule is CCC(N)Cc1cc(Cl)c(OCCF)c(OC)c1. The van der Waals surface area contributed by atoms with Gasteiger partial charge in [-0.2, -0.15) is 0 Å². The Bertz CT molecular complexity index is 387. The number of nitrogens with two attached hydrogens (primary N) is 1. The van der Waals surface area contributed by atoms with E-state index in [1.54, 1.807) is 6.07 Å². The van der Waals surface area contributed by atoms with Crippen LogP contribution in [0.4, 0.5) is 4.39 Å². The summed E-state index contributed by atoms with van der Waals surface area (Å²) < 4.78 is 22.6. The molecule has 0 amide bonds. The van der Waals surface area contributed by atoms with E-state index in [4.69, 9.17) is 26.8 Å². The molecule has 0 saturated heterocycles. The number of halogens is 2. The first kappa shape index (κ1) is 15.1. The lowest BCUT2D eigenvalue weighted by Gasteiger charge is -2.15. The number of alkyl halides is 1. The molecule has 102 valence electrons. The third-order valence-corrected chi connectivity index (χ3v) is 2.92. The summed E-state index contributed by atoms with van der Waals surface area (Å²) in [5.74, 6) is 0.889. The molecular weight excluding hydrogens is 257 g/mol. The number of methoxy groups -OCH3 is 1. The van der Waals surface area contributed by atoms with Crippen LogP contribution < -0.4 is 15.2 Å². The fourth-order valence-corrected chi connectivity index (χ4v) is 1.91. The molecule has 1 aromatic carbocycles.